The average molecular weight is 368 g/mol. The molecular formula is C21H28N4O2. The van der Waals surface area contributed by atoms with Crippen LogP contribution in [0.5, 0.6) is 0 Å². The van der Waals surface area contributed by atoms with E-state index >= 15 is 0 Å². The molecule has 6 heteroatoms. The number of carbonyl (C=O) groups excluding carboxylic acids is 1. The Kier molecular flexibility index (Phi) is 6.90. The first-order valence-corrected chi connectivity index (χ1v) is 9.56. The summed E-state index contributed by atoms with van der Waals surface area (Å²) >= 11 is 0. The summed E-state index contributed by atoms with van der Waals surface area (Å²) in [6.45, 7) is 6.49. The number of piperidine rings is 1. The summed E-state index contributed by atoms with van der Waals surface area (Å²) in [5.74, 6) is 0.479. The van der Waals surface area contributed by atoms with Gasteiger partial charge in [0, 0.05) is 37.9 Å². The fourth-order valence-corrected chi connectivity index (χ4v) is 3.43. The highest BCUT2D eigenvalue weighted by Gasteiger charge is 2.20. The van der Waals surface area contributed by atoms with Crippen molar-refractivity contribution in [3.8, 4) is 11.3 Å². The van der Waals surface area contributed by atoms with Crippen LogP contribution in [-0.2, 0) is 4.74 Å². The minimum atomic E-state index is -0.0226. The molecule has 0 aliphatic carbocycles. The number of aryl methyl sites for hydroxylation is 1. The molecule has 1 amide bonds. The number of nitrogens with zero attached hydrogens (tertiary/aromatic N) is 3. The van der Waals surface area contributed by atoms with Crippen LogP contribution in [0.2, 0.25) is 0 Å². The van der Waals surface area contributed by atoms with Gasteiger partial charge in [-0.1, -0.05) is 12.1 Å². The lowest BCUT2D eigenvalue weighted by atomic mass is 9.98. The van der Waals surface area contributed by atoms with Crippen molar-refractivity contribution < 1.29 is 9.53 Å². The molecule has 2 heterocycles. The van der Waals surface area contributed by atoms with Gasteiger partial charge in [0.2, 0.25) is 0 Å². The minimum absolute atomic E-state index is 0.0226. The Hall–Kier alpha value is -2.31. The number of nitrogens with one attached hydrogen (secondary N) is 1. The Balaban J connectivity index is 1.51. The van der Waals surface area contributed by atoms with Gasteiger partial charge in [-0.15, -0.1) is 0 Å². The van der Waals surface area contributed by atoms with Crippen LogP contribution in [0, 0.1) is 12.8 Å². The van der Waals surface area contributed by atoms with Gasteiger partial charge >= 0.3 is 0 Å². The largest absolute Gasteiger partial charge is 0.383 e. The highest BCUT2D eigenvalue weighted by molar-refractivity contribution is 5.94. The molecule has 0 radical (unpaired) electrons. The first kappa shape index (κ1) is 19.5. The molecule has 2 aromatic rings. The summed E-state index contributed by atoms with van der Waals surface area (Å²) in [7, 11) is 1.73. The standard InChI is InChI=1S/C21H28N4O2/c1-16-5-10-20(24-23-16)18-6-8-19(9-7-18)21(26)22-14-17-4-3-11-25(15-17)12-13-27-2/h5-10,17H,3-4,11-15H2,1-2H3,(H,22,26)/t17-/m1/s1. The van der Waals surface area contributed by atoms with E-state index < -0.39 is 0 Å². The number of amides is 1. The van der Waals surface area contributed by atoms with Crippen LogP contribution in [0.15, 0.2) is 36.4 Å². The lowest BCUT2D eigenvalue weighted by Crippen LogP contribution is -2.42. The quantitative estimate of drug-likeness (QED) is 0.813. The van der Waals surface area contributed by atoms with Crippen LogP contribution in [0.4, 0.5) is 0 Å². The minimum Gasteiger partial charge on any atom is -0.383 e. The van der Waals surface area contributed by atoms with Crippen LogP contribution in [0.25, 0.3) is 11.3 Å². The zero-order chi connectivity index (χ0) is 19.1. The Bertz CT molecular complexity index is 731. The number of ether oxygens (including phenoxy) is 1. The number of carbonyl (C=O) groups is 1. The number of likely N-dealkylation sites (tertiary alicyclic amines) is 1. The lowest BCUT2D eigenvalue weighted by molar-refractivity contribution is 0.0913. The highest BCUT2D eigenvalue weighted by atomic mass is 16.5. The van der Waals surface area contributed by atoms with E-state index in [1.807, 2.05) is 43.3 Å². The number of aromatic nitrogens is 2. The van der Waals surface area contributed by atoms with E-state index in [0.717, 1.165) is 49.6 Å². The Morgan fingerprint density at radius 3 is 2.74 bits per heavy atom. The molecule has 3 rings (SSSR count). The first-order valence-electron chi connectivity index (χ1n) is 9.56. The van der Waals surface area contributed by atoms with Crippen molar-refractivity contribution in [2.45, 2.75) is 19.8 Å². The molecule has 1 aromatic carbocycles. The summed E-state index contributed by atoms with van der Waals surface area (Å²) in [5.41, 5.74) is 3.33. The summed E-state index contributed by atoms with van der Waals surface area (Å²) in [4.78, 5) is 14.9. The van der Waals surface area contributed by atoms with Crippen LogP contribution >= 0.6 is 0 Å². The predicted molar refractivity (Wildman–Crippen MR) is 106 cm³/mol. The second kappa shape index (κ2) is 9.58. The van der Waals surface area contributed by atoms with Gasteiger partial charge in [-0.2, -0.15) is 10.2 Å². The summed E-state index contributed by atoms with van der Waals surface area (Å²) < 4.78 is 5.16. The normalized spacial score (nSPS) is 17.6. The maximum absolute atomic E-state index is 12.5. The topological polar surface area (TPSA) is 67.3 Å². The van der Waals surface area contributed by atoms with Gasteiger partial charge in [-0.05, 0) is 56.5 Å². The first-order chi connectivity index (χ1) is 13.2. The van der Waals surface area contributed by atoms with Crippen molar-refractivity contribution in [3.63, 3.8) is 0 Å². The van der Waals surface area contributed by atoms with Crippen LogP contribution in [0.3, 0.4) is 0 Å². The van der Waals surface area contributed by atoms with Crippen molar-refractivity contribution in [2.75, 3.05) is 39.9 Å². The maximum atomic E-state index is 12.5. The molecule has 27 heavy (non-hydrogen) atoms. The molecule has 1 fully saturated rings. The number of rotatable bonds is 7. The smallest absolute Gasteiger partial charge is 0.251 e. The monoisotopic (exact) mass is 368 g/mol. The van der Waals surface area contributed by atoms with Crippen LogP contribution < -0.4 is 5.32 Å². The van der Waals surface area contributed by atoms with E-state index in [1.165, 1.54) is 6.42 Å². The molecule has 1 saturated heterocycles. The molecule has 1 aliphatic rings. The van der Waals surface area contributed by atoms with Gasteiger partial charge in [-0.3, -0.25) is 4.79 Å². The van der Waals surface area contributed by atoms with E-state index in [9.17, 15) is 4.79 Å². The Morgan fingerprint density at radius 1 is 1.22 bits per heavy atom. The van der Waals surface area contributed by atoms with E-state index in [-0.39, 0.29) is 5.91 Å². The summed E-state index contributed by atoms with van der Waals surface area (Å²) in [6, 6.07) is 11.4. The third kappa shape index (κ3) is 5.58. The molecule has 0 bridgehead atoms. The molecule has 1 aromatic heterocycles. The van der Waals surface area contributed by atoms with E-state index in [4.69, 9.17) is 4.74 Å². The van der Waals surface area contributed by atoms with Crippen molar-refractivity contribution >= 4 is 5.91 Å². The van der Waals surface area contributed by atoms with Crippen molar-refractivity contribution in [2.24, 2.45) is 5.92 Å². The molecule has 1 aliphatic heterocycles. The van der Waals surface area contributed by atoms with Gasteiger partial charge in [-0.25, -0.2) is 0 Å². The average Bonchev–Trinajstić information content (AvgIpc) is 2.71. The molecule has 0 unspecified atom stereocenters. The Morgan fingerprint density at radius 2 is 2.04 bits per heavy atom. The summed E-state index contributed by atoms with van der Waals surface area (Å²) in [5, 5.41) is 11.3. The molecule has 1 N–H and O–H groups in total. The fourth-order valence-electron chi connectivity index (χ4n) is 3.43. The molecular weight excluding hydrogens is 340 g/mol. The predicted octanol–water partition coefficient (Wildman–Crippen LogP) is 2.54. The highest BCUT2D eigenvalue weighted by Crippen LogP contribution is 2.18. The van der Waals surface area contributed by atoms with Crippen LogP contribution in [0.1, 0.15) is 28.9 Å². The number of hydrogen-bond donors (Lipinski definition) is 1. The van der Waals surface area contributed by atoms with Crippen molar-refractivity contribution in [3.05, 3.63) is 47.7 Å². The van der Waals surface area contributed by atoms with E-state index in [1.54, 1.807) is 7.11 Å². The Labute approximate surface area is 160 Å². The SMILES string of the molecule is COCCN1CCC[C@H](CNC(=O)c2ccc(-c3ccc(C)nn3)cc2)C1. The number of hydrogen-bond acceptors (Lipinski definition) is 5. The summed E-state index contributed by atoms with van der Waals surface area (Å²) in [6.07, 6.45) is 2.34. The molecule has 0 spiro atoms. The zero-order valence-corrected chi connectivity index (χ0v) is 16.1. The van der Waals surface area contributed by atoms with Gasteiger partial charge in [0.25, 0.3) is 5.91 Å². The second-order valence-electron chi connectivity index (χ2n) is 7.15. The third-order valence-electron chi connectivity index (χ3n) is 5.01. The number of methoxy groups -OCH3 is 1. The van der Waals surface area contributed by atoms with E-state index in [2.05, 4.69) is 20.4 Å². The maximum Gasteiger partial charge on any atom is 0.251 e. The molecule has 1 atom stereocenters. The van der Waals surface area contributed by atoms with Crippen molar-refractivity contribution in [1.29, 1.82) is 0 Å². The van der Waals surface area contributed by atoms with Crippen LogP contribution in [-0.4, -0.2) is 60.9 Å². The molecule has 144 valence electrons. The van der Waals surface area contributed by atoms with E-state index in [0.29, 0.717) is 18.0 Å². The van der Waals surface area contributed by atoms with Crippen molar-refractivity contribution in [1.82, 2.24) is 20.4 Å². The third-order valence-corrected chi connectivity index (χ3v) is 5.01. The second-order valence-corrected chi connectivity index (χ2v) is 7.15. The lowest BCUT2D eigenvalue weighted by Gasteiger charge is -2.32. The fraction of sp³-hybridized carbons (Fsp3) is 0.476. The van der Waals surface area contributed by atoms with Gasteiger partial charge in [0.15, 0.2) is 0 Å². The van der Waals surface area contributed by atoms with Gasteiger partial charge in [0.05, 0.1) is 18.0 Å². The molecule has 0 saturated carbocycles. The van der Waals surface area contributed by atoms with Gasteiger partial charge < -0.3 is 15.0 Å². The zero-order valence-electron chi connectivity index (χ0n) is 16.1. The number of benzene rings is 1. The molecule has 6 nitrogen and oxygen atoms in total. The van der Waals surface area contributed by atoms with Gasteiger partial charge in [0.1, 0.15) is 0 Å².